The molecule has 4 heteroatoms. The second-order valence-electron chi connectivity index (χ2n) is 5.61. The molecule has 0 aromatic heterocycles. The molecular weight excluding hydrogens is 262 g/mol. The molecular formula is C15H20ClNO2. The predicted octanol–water partition coefficient (Wildman–Crippen LogP) is 2.50. The molecule has 3 nitrogen and oxygen atoms in total. The van der Waals surface area contributed by atoms with E-state index in [1.54, 1.807) is 0 Å². The van der Waals surface area contributed by atoms with E-state index in [0.29, 0.717) is 11.6 Å². The van der Waals surface area contributed by atoms with Crippen LogP contribution in [0.5, 0.6) is 0 Å². The van der Waals surface area contributed by atoms with Gasteiger partial charge in [-0.3, -0.25) is 4.79 Å². The van der Waals surface area contributed by atoms with Crippen molar-refractivity contribution in [3.8, 4) is 0 Å². The normalized spacial score (nSPS) is 18.2. The average molecular weight is 282 g/mol. The van der Waals surface area contributed by atoms with Gasteiger partial charge in [-0.1, -0.05) is 37.6 Å². The molecule has 0 saturated heterocycles. The number of carbonyl (C=O) groups excluding carboxylic acids is 1. The quantitative estimate of drug-likeness (QED) is 0.871. The molecule has 1 saturated carbocycles. The van der Waals surface area contributed by atoms with Crippen molar-refractivity contribution in [1.29, 1.82) is 0 Å². The zero-order chi connectivity index (χ0) is 14.0. The monoisotopic (exact) mass is 281 g/mol. The summed E-state index contributed by atoms with van der Waals surface area (Å²) in [5, 5.41) is 13.3. The van der Waals surface area contributed by atoms with E-state index in [4.69, 9.17) is 11.6 Å². The van der Waals surface area contributed by atoms with Crippen LogP contribution in [0, 0.1) is 5.92 Å². The van der Waals surface area contributed by atoms with Crippen LogP contribution in [-0.4, -0.2) is 23.7 Å². The summed E-state index contributed by atoms with van der Waals surface area (Å²) >= 11 is 5.87. The van der Waals surface area contributed by atoms with Crippen molar-refractivity contribution in [2.24, 2.45) is 5.92 Å². The second-order valence-corrected chi connectivity index (χ2v) is 6.05. The van der Waals surface area contributed by atoms with E-state index in [1.807, 2.05) is 38.1 Å². The van der Waals surface area contributed by atoms with Crippen LogP contribution in [0.1, 0.15) is 32.3 Å². The maximum absolute atomic E-state index is 12.3. The van der Waals surface area contributed by atoms with Crippen LogP contribution in [0.2, 0.25) is 5.02 Å². The first-order valence-electron chi connectivity index (χ1n) is 6.68. The molecule has 0 aliphatic heterocycles. The molecule has 1 aromatic carbocycles. The lowest BCUT2D eigenvalue weighted by atomic mass is 9.95. The molecule has 0 spiro atoms. The Labute approximate surface area is 119 Å². The highest BCUT2D eigenvalue weighted by Crippen LogP contribution is 2.48. The number of carbonyl (C=O) groups is 1. The second kappa shape index (κ2) is 5.51. The fourth-order valence-corrected chi connectivity index (χ4v) is 2.27. The van der Waals surface area contributed by atoms with Gasteiger partial charge in [0.15, 0.2) is 0 Å². The molecule has 0 radical (unpaired) electrons. The highest BCUT2D eigenvalue weighted by atomic mass is 35.5. The molecule has 0 heterocycles. The van der Waals surface area contributed by atoms with Gasteiger partial charge in [0.25, 0.3) is 0 Å². The van der Waals surface area contributed by atoms with E-state index in [2.05, 4.69) is 5.32 Å². The minimum atomic E-state index is -0.495. The fourth-order valence-electron chi connectivity index (χ4n) is 2.14. The molecule has 1 aliphatic carbocycles. The van der Waals surface area contributed by atoms with E-state index in [1.165, 1.54) is 0 Å². The number of hydrogen-bond donors (Lipinski definition) is 2. The summed E-state index contributed by atoms with van der Waals surface area (Å²) in [5.41, 5.74) is 0.606. The molecule has 2 N–H and O–H groups in total. The van der Waals surface area contributed by atoms with Gasteiger partial charge < -0.3 is 10.4 Å². The van der Waals surface area contributed by atoms with Crippen molar-refractivity contribution in [1.82, 2.24) is 5.32 Å². The Bertz CT molecular complexity index is 452. The van der Waals surface area contributed by atoms with Gasteiger partial charge in [-0.15, -0.1) is 0 Å². The van der Waals surface area contributed by atoms with Crippen LogP contribution in [0.3, 0.4) is 0 Å². The fraction of sp³-hybridized carbons (Fsp3) is 0.533. The molecule has 1 aromatic rings. The molecule has 104 valence electrons. The van der Waals surface area contributed by atoms with Crippen molar-refractivity contribution in [3.05, 3.63) is 34.9 Å². The standard InChI is InChI=1S/C15H20ClNO2/c1-10(2)13(18)9-17-14(19)15(7-8-15)11-3-5-12(16)6-4-11/h3-6,10,13,18H,7-9H2,1-2H3,(H,17,19). The van der Waals surface area contributed by atoms with Gasteiger partial charge in [0.2, 0.25) is 5.91 Å². The Kier molecular flexibility index (Phi) is 4.16. The summed E-state index contributed by atoms with van der Waals surface area (Å²) in [6.45, 7) is 4.18. The minimum Gasteiger partial charge on any atom is -0.391 e. The summed E-state index contributed by atoms with van der Waals surface area (Å²) in [4.78, 5) is 12.3. The first-order valence-corrected chi connectivity index (χ1v) is 7.06. The van der Waals surface area contributed by atoms with Crippen LogP contribution in [-0.2, 0) is 10.2 Å². The summed E-state index contributed by atoms with van der Waals surface area (Å²) in [7, 11) is 0. The Balaban J connectivity index is 2.00. The lowest BCUT2D eigenvalue weighted by molar-refractivity contribution is -0.124. The molecule has 19 heavy (non-hydrogen) atoms. The van der Waals surface area contributed by atoms with E-state index in [0.717, 1.165) is 18.4 Å². The Morgan fingerprint density at radius 3 is 2.42 bits per heavy atom. The molecule has 1 fully saturated rings. The molecule has 1 aliphatic rings. The van der Waals surface area contributed by atoms with Crippen LogP contribution in [0.25, 0.3) is 0 Å². The van der Waals surface area contributed by atoms with Crippen molar-refractivity contribution >= 4 is 17.5 Å². The van der Waals surface area contributed by atoms with E-state index in [-0.39, 0.29) is 11.8 Å². The molecule has 1 amide bonds. The molecule has 0 bridgehead atoms. The number of nitrogens with one attached hydrogen (secondary N) is 1. The number of benzene rings is 1. The summed E-state index contributed by atoms with van der Waals surface area (Å²) in [6, 6.07) is 7.45. The zero-order valence-electron chi connectivity index (χ0n) is 11.3. The Morgan fingerprint density at radius 1 is 1.37 bits per heavy atom. The number of aliphatic hydroxyl groups is 1. The van der Waals surface area contributed by atoms with Crippen molar-refractivity contribution in [2.75, 3.05) is 6.54 Å². The molecule has 1 unspecified atom stereocenters. The molecule has 1 atom stereocenters. The summed E-state index contributed by atoms with van der Waals surface area (Å²) in [5.74, 6) is 0.153. The predicted molar refractivity (Wildman–Crippen MR) is 76.2 cm³/mol. The van der Waals surface area contributed by atoms with Gasteiger partial charge >= 0.3 is 0 Å². The van der Waals surface area contributed by atoms with Gasteiger partial charge in [-0.05, 0) is 36.5 Å². The smallest absolute Gasteiger partial charge is 0.230 e. The van der Waals surface area contributed by atoms with E-state index in [9.17, 15) is 9.90 Å². The minimum absolute atomic E-state index is 0.00882. The lowest BCUT2D eigenvalue weighted by Crippen LogP contribution is -2.40. The number of amides is 1. The summed E-state index contributed by atoms with van der Waals surface area (Å²) in [6.07, 6.45) is 1.22. The van der Waals surface area contributed by atoms with Crippen LogP contribution < -0.4 is 5.32 Å². The van der Waals surface area contributed by atoms with E-state index < -0.39 is 11.5 Å². The Morgan fingerprint density at radius 2 is 1.95 bits per heavy atom. The van der Waals surface area contributed by atoms with Crippen molar-refractivity contribution < 1.29 is 9.90 Å². The average Bonchev–Trinajstić information content (AvgIpc) is 3.17. The zero-order valence-corrected chi connectivity index (χ0v) is 12.1. The third-order valence-corrected chi connectivity index (χ3v) is 4.07. The lowest BCUT2D eigenvalue weighted by Gasteiger charge is -2.19. The number of halogens is 1. The largest absolute Gasteiger partial charge is 0.391 e. The van der Waals surface area contributed by atoms with Crippen molar-refractivity contribution in [2.45, 2.75) is 38.2 Å². The molecule has 2 rings (SSSR count). The SMILES string of the molecule is CC(C)C(O)CNC(=O)C1(c2ccc(Cl)cc2)CC1. The first kappa shape index (κ1) is 14.4. The highest BCUT2D eigenvalue weighted by molar-refractivity contribution is 6.30. The third kappa shape index (κ3) is 3.10. The van der Waals surface area contributed by atoms with Crippen molar-refractivity contribution in [3.63, 3.8) is 0 Å². The number of hydrogen-bond acceptors (Lipinski definition) is 2. The van der Waals surface area contributed by atoms with Gasteiger partial charge in [0.05, 0.1) is 11.5 Å². The number of rotatable bonds is 5. The van der Waals surface area contributed by atoms with Gasteiger partial charge in [-0.2, -0.15) is 0 Å². The van der Waals surface area contributed by atoms with E-state index >= 15 is 0 Å². The first-order chi connectivity index (χ1) is 8.95. The van der Waals surface area contributed by atoms with Gasteiger partial charge in [-0.25, -0.2) is 0 Å². The van der Waals surface area contributed by atoms with Crippen LogP contribution in [0.15, 0.2) is 24.3 Å². The maximum Gasteiger partial charge on any atom is 0.230 e. The summed E-state index contributed by atoms with van der Waals surface area (Å²) < 4.78 is 0. The topological polar surface area (TPSA) is 49.3 Å². The number of aliphatic hydroxyl groups excluding tert-OH is 1. The van der Waals surface area contributed by atoms with Gasteiger partial charge in [0, 0.05) is 11.6 Å². The Hall–Kier alpha value is -1.06. The maximum atomic E-state index is 12.3. The van der Waals surface area contributed by atoms with Gasteiger partial charge in [0.1, 0.15) is 0 Å². The van der Waals surface area contributed by atoms with Crippen LogP contribution in [0.4, 0.5) is 0 Å². The third-order valence-electron chi connectivity index (χ3n) is 3.82. The van der Waals surface area contributed by atoms with Crippen LogP contribution >= 0.6 is 11.6 Å². The highest BCUT2D eigenvalue weighted by Gasteiger charge is 2.51.